The van der Waals surface area contributed by atoms with Gasteiger partial charge in [0.2, 0.25) is 5.95 Å². The maximum atomic E-state index is 12.3. The maximum absolute atomic E-state index is 12.3. The largest absolute Gasteiger partial charge is 0.463 e. The Labute approximate surface area is 165 Å². The smallest absolute Gasteiger partial charge is 0.303 e. The third kappa shape index (κ3) is 4.77. The van der Waals surface area contributed by atoms with Gasteiger partial charge in [-0.25, -0.2) is 9.98 Å². The van der Waals surface area contributed by atoms with Crippen molar-refractivity contribution >= 4 is 35.4 Å². The van der Waals surface area contributed by atoms with Crippen LogP contribution in [0.15, 0.2) is 16.1 Å². The number of aromatic amines is 1. The van der Waals surface area contributed by atoms with Gasteiger partial charge < -0.3 is 19.1 Å². The van der Waals surface area contributed by atoms with Crippen molar-refractivity contribution in [3.05, 3.63) is 16.7 Å². The van der Waals surface area contributed by atoms with Gasteiger partial charge in [-0.05, 0) is 0 Å². The molecule has 2 aromatic heterocycles. The molecule has 0 aromatic carbocycles. The molecular formula is C17H22N6O6. The quantitative estimate of drug-likeness (QED) is 0.402. The van der Waals surface area contributed by atoms with Crippen molar-refractivity contribution in [1.82, 2.24) is 24.4 Å². The van der Waals surface area contributed by atoms with Gasteiger partial charge in [0.15, 0.2) is 11.2 Å². The van der Waals surface area contributed by atoms with E-state index >= 15 is 0 Å². The number of hydrogen-bond acceptors (Lipinski definition) is 9. The topological polar surface area (TPSA) is 141 Å². The molecule has 1 aliphatic rings. The molecule has 0 amide bonds. The molecule has 0 spiro atoms. The number of aromatic nitrogens is 4. The zero-order valence-electron chi connectivity index (χ0n) is 16.5. The van der Waals surface area contributed by atoms with E-state index in [-0.39, 0.29) is 30.1 Å². The molecule has 0 aliphatic carbocycles. The average molecular weight is 406 g/mol. The zero-order chi connectivity index (χ0) is 21.1. The minimum atomic E-state index is -0.654. The summed E-state index contributed by atoms with van der Waals surface area (Å²) in [4.78, 5) is 51.7. The Hall–Kier alpha value is -3.28. The number of imidazole rings is 1. The minimum absolute atomic E-state index is 0.0667. The molecule has 0 bridgehead atoms. The predicted molar refractivity (Wildman–Crippen MR) is 101 cm³/mol. The molecule has 12 heteroatoms. The van der Waals surface area contributed by atoms with E-state index in [1.807, 2.05) is 0 Å². The van der Waals surface area contributed by atoms with Crippen LogP contribution < -0.4 is 5.56 Å². The molecule has 156 valence electrons. The Bertz CT molecular complexity index is 996. The molecule has 3 atom stereocenters. The van der Waals surface area contributed by atoms with E-state index in [1.54, 1.807) is 23.6 Å². The van der Waals surface area contributed by atoms with Crippen LogP contribution in [-0.2, 0) is 23.8 Å². The monoisotopic (exact) mass is 406 g/mol. The van der Waals surface area contributed by atoms with Crippen LogP contribution in [0.5, 0.6) is 0 Å². The lowest BCUT2D eigenvalue weighted by Crippen LogP contribution is -2.31. The normalized spacial score (nSPS) is 21.6. The number of ether oxygens (including phenoxy) is 3. The summed E-state index contributed by atoms with van der Waals surface area (Å²) in [6.45, 7) is 2.50. The lowest BCUT2D eigenvalue weighted by Gasteiger charge is -2.17. The van der Waals surface area contributed by atoms with Crippen LogP contribution in [0.1, 0.15) is 26.5 Å². The highest BCUT2D eigenvalue weighted by Gasteiger charge is 2.40. The zero-order valence-corrected chi connectivity index (χ0v) is 16.5. The molecule has 12 nitrogen and oxygen atoms in total. The van der Waals surface area contributed by atoms with Gasteiger partial charge in [-0.15, -0.1) is 0 Å². The molecule has 29 heavy (non-hydrogen) atoms. The van der Waals surface area contributed by atoms with Crippen molar-refractivity contribution in [2.75, 3.05) is 20.7 Å². The lowest BCUT2D eigenvalue weighted by molar-refractivity contribution is -0.155. The second kappa shape index (κ2) is 8.39. The van der Waals surface area contributed by atoms with E-state index in [0.717, 1.165) is 0 Å². The summed E-state index contributed by atoms with van der Waals surface area (Å²) in [5, 5.41) is 0. The van der Waals surface area contributed by atoms with Crippen LogP contribution in [0.25, 0.3) is 11.2 Å². The standard InChI is InChI=1S/C17H22N6O6/c1-9(24)27-6-12-11(28-10(2)25)5-13(29-12)23-8-18-14-15(23)20-17(21-16(14)26)19-7-22(3)4/h7-8,11-13H,5-6H2,1-4H3,(H,20,21,26)/t11?,12-,13-/m1/s1. The van der Waals surface area contributed by atoms with E-state index in [9.17, 15) is 14.4 Å². The van der Waals surface area contributed by atoms with Gasteiger partial charge in [0.05, 0.1) is 12.7 Å². The number of nitrogens with one attached hydrogen (secondary N) is 1. The van der Waals surface area contributed by atoms with E-state index in [1.165, 1.54) is 26.5 Å². The Morgan fingerprint density at radius 3 is 2.83 bits per heavy atom. The number of rotatable bonds is 6. The summed E-state index contributed by atoms with van der Waals surface area (Å²) in [5.74, 6) is -0.829. The number of esters is 2. The molecule has 3 heterocycles. The highest BCUT2D eigenvalue weighted by atomic mass is 16.6. The van der Waals surface area contributed by atoms with Crippen molar-refractivity contribution in [1.29, 1.82) is 0 Å². The molecule has 1 unspecified atom stereocenters. The number of nitrogens with zero attached hydrogens (tertiary/aromatic N) is 5. The van der Waals surface area contributed by atoms with E-state index in [2.05, 4.69) is 19.9 Å². The second-order valence-corrected chi connectivity index (χ2v) is 6.74. The molecule has 0 radical (unpaired) electrons. The molecule has 1 fully saturated rings. The van der Waals surface area contributed by atoms with E-state index < -0.39 is 35.9 Å². The number of carbonyl (C=O) groups excluding carboxylic acids is 2. The molecule has 0 saturated carbocycles. The number of H-pyrrole nitrogens is 1. The first kappa shape index (κ1) is 20.5. The summed E-state index contributed by atoms with van der Waals surface area (Å²) < 4.78 is 17.8. The van der Waals surface area contributed by atoms with E-state index in [0.29, 0.717) is 0 Å². The molecule has 1 aliphatic heterocycles. The third-order valence-corrected chi connectivity index (χ3v) is 4.09. The molecular weight excluding hydrogens is 384 g/mol. The van der Waals surface area contributed by atoms with Crippen LogP contribution in [0, 0.1) is 0 Å². The number of carbonyl (C=O) groups is 2. The fourth-order valence-corrected chi connectivity index (χ4v) is 2.91. The van der Waals surface area contributed by atoms with Crippen molar-refractivity contribution < 1.29 is 23.8 Å². The summed E-state index contributed by atoms with van der Waals surface area (Å²) in [7, 11) is 3.57. The minimum Gasteiger partial charge on any atom is -0.463 e. The summed E-state index contributed by atoms with van der Waals surface area (Å²) in [6, 6.07) is 0. The van der Waals surface area contributed by atoms with Crippen LogP contribution >= 0.6 is 0 Å². The number of fused-ring (bicyclic) bond motifs is 1. The number of hydrogen-bond donors (Lipinski definition) is 1. The maximum Gasteiger partial charge on any atom is 0.303 e. The van der Waals surface area contributed by atoms with Gasteiger partial charge in [0.25, 0.3) is 5.56 Å². The average Bonchev–Trinajstić information content (AvgIpc) is 3.21. The Kier molecular flexibility index (Phi) is 5.92. The highest BCUT2D eigenvalue weighted by molar-refractivity contribution is 5.71. The van der Waals surface area contributed by atoms with Crippen LogP contribution in [0.2, 0.25) is 0 Å². The van der Waals surface area contributed by atoms with Crippen LogP contribution in [0.3, 0.4) is 0 Å². The summed E-state index contributed by atoms with van der Waals surface area (Å²) in [6.07, 6.45) is 1.31. The van der Waals surface area contributed by atoms with Gasteiger partial charge in [0.1, 0.15) is 25.0 Å². The molecule has 1 saturated heterocycles. The van der Waals surface area contributed by atoms with Crippen molar-refractivity contribution in [2.24, 2.45) is 4.99 Å². The van der Waals surface area contributed by atoms with Crippen molar-refractivity contribution in [3.8, 4) is 0 Å². The fraction of sp³-hybridized carbons (Fsp3) is 0.529. The summed E-state index contributed by atoms with van der Waals surface area (Å²) in [5.41, 5.74) is -0.0325. The van der Waals surface area contributed by atoms with Gasteiger partial charge in [-0.2, -0.15) is 4.98 Å². The highest BCUT2D eigenvalue weighted by Crippen LogP contribution is 2.32. The Balaban J connectivity index is 1.91. The lowest BCUT2D eigenvalue weighted by atomic mass is 10.2. The van der Waals surface area contributed by atoms with Gasteiger partial charge >= 0.3 is 11.9 Å². The fourth-order valence-electron chi connectivity index (χ4n) is 2.91. The van der Waals surface area contributed by atoms with Crippen molar-refractivity contribution in [3.63, 3.8) is 0 Å². The number of aliphatic imine (C=N–C) groups is 1. The van der Waals surface area contributed by atoms with Crippen LogP contribution in [0.4, 0.5) is 5.95 Å². The van der Waals surface area contributed by atoms with Gasteiger partial charge in [-0.3, -0.25) is 23.9 Å². The molecule has 2 aromatic rings. The van der Waals surface area contributed by atoms with Gasteiger partial charge in [0, 0.05) is 34.4 Å². The molecule has 3 rings (SSSR count). The summed E-state index contributed by atoms with van der Waals surface area (Å²) >= 11 is 0. The predicted octanol–water partition coefficient (Wildman–Crippen LogP) is 0.123. The van der Waals surface area contributed by atoms with E-state index in [4.69, 9.17) is 14.2 Å². The first-order valence-corrected chi connectivity index (χ1v) is 8.88. The first-order valence-electron chi connectivity index (χ1n) is 8.88. The SMILES string of the molecule is CC(=O)OC[C@H]1O[C@@H](n2cnc3c(=O)[nH]c(N=CN(C)C)nc32)CC1OC(C)=O. The Morgan fingerprint density at radius 1 is 1.41 bits per heavy atom. The van der Waals surface area contributed by atoms with Gasteiger partial charge in [-0.1, -0.05) is 0 Å². The first-order chi connectivity index (χ1) is 13.7. The molecule has 1 N–H and O–H groups in total. The Morgan fingerprint density at radius 2 is 2.17 bits per heavy atom. The second-order valence-electron chi connectivity index (χ2n) is 6.74. The third-order valence-electron chi connectivity index (χ3n) is 4.09. The van der Waals surface area contributed by atoms with Crippen LogP contribution in [-0.4, -0.2) is 75.6 Å². The van der Waals surface area contributed by atoms with Crippen molar-refractivity contribution in [2.45, 2.75) is 38.7 Å².